The number of anilines is 1. The first-order chi connectivity index (χ1) is 13.0. The fraction of sp³-hybridized carbons (Fsp3) is 0.600. The second-order valence-electron chi connectivity index (χ2n) is 7.02. The minimum Gasteiger partial charge on any atom is -0.369 e. The second-order valence-corrected chi connectivity index (χ2v) is 7.02. The zero-order valence-corrected chi connectivity index (χ0v) is 17.4. The lowest BCUT2D eigenvalue weighted by Gasteiger charge is -2.32. The van der Waals surface area contributed by atoms with Crippen molar-refractivity contribution in [2.45, 2.75) is 77.3 Å². The highest BCUT2D eigenvalue weighted by atomic mass is 35.5. The van der Waals surface area contributed by atoms with Gasteiger partial charge in [-0.05, 0) is 25.0 Å². The maximum absolute atomic E-state index is 14.2. The van der Waals surface area contributed by atoms with Crippen LogP contribution >= 0.6 is 12.4 Å². The molecule has 0 saturated carbocycles. The molecule has 4 N–H and O–H groups in total. The predicted octanol–water partition coefficient (Wildman–Crippen LogP) is 5.08. The lowest BCUT2D eigenvalue weighted by Crippen LogP contribution is -2.49. The van der Waals surface area contributed by atoms with E-state index in [0.29, 0.717) is 6.42 Å². The van der Waals surface area contributed by atoms with Crippen molar-refractivity contribution in [2.24, 2.45) is 21.5 Å². The summed E-state index contributed by atoms with van der Waals surface area (Å²) in [6.07, 6.45) is 11.2. The number of nitrogens with zero attached hydrogens (tertiary/aromatic N) is 3. The molecule has 0 aliphatic carbocycles. The smallest absolute Gasteiger partial charge is 0.220 e. The van der Waals surface area contributed by atoms with E-state index in [4.69, 9.17) is 11.5 Å². The summed E-state index contributed by atoms with van der Waals surface area (Å²) in [5, 5.41) is 0. The summed E-state index contributed by atoms with van der Waals surface area (Å²) in [4.78, 5) is 9.75. The van der Waals surface area contributed by atoms with Gasteiger partial charge >= 0.3 is 0 Å². The maximum atomic E-state index is 14.2. The highest BCUT2D eigenvalue weighted by Crippen LogP contribution is 2.26. The van der Waals surface area contributed by atoms with Crippen molar-refractivity contribution in [1.82, 2.24) is 0 Å². The van der Waals surface area contributed by atoms with E-state index in [-0.39, 0.29) is 30.0 Å². The quantitative estimate of drug-likeness (QED) is 0.494. The first kappa shape index (κ1) is 24.1. The van der Waals surface area contributed by atoms with Crippen LogP contribution < -0.4 is 16.4 Å². The molecular formula is C20H32ClF2N5. The van der Waals surface area contributed by atoms with Gasteiger partial charge in [0.05, 0.1) is 5.69 Å². The Labute approximate surface area is 172 Å². The van der Waals surface area contributed by atoms with Crippen molar-refractivity contribution in [2.75, 3.05) is 4.90 Å². The van der Waals surface area contributed by atoms with Crippen molar-refractivity contribution in [3.63, 3.8) is 0 Å². The molecule has 1 aromatic carbocycles. The molecule has 5 nitrogen and oxygen atoms in total. The number of nitrogens with two attached hydrogens (primary N) is 2. The topological polar surface area (TPSA) is 80.0 Å². The van der Waals surface area contributed by atoms with Gasteiger partial charge in [-0.15, -0.1) is 12.4 Å². The van der Waals surface area contributed by atoms with Gasteiger partial charge in [-0.2, -0.15) is 4.99 Å². The number of guanidine groups is 2. The Kier molecular flexibility index (Phi) is 10.8. The van der Waals surface area contributed by atoms with Crippen LogP contribution in [0.2, 0.25) is 0 Å². The van der Waals surface area contributed by atoms with E-state index in [1.807, 2.05) is 0 Å². The van der Waals surface area contributed by atoms with E-state index >= 15 is 0 Å². The monoisotopic (exact) mass is 415 g/mol. The molecule has 1 heterocycles. The lowest BCUT2D eigenvalue weighted by molar-refractivity contribution is 0.521. The molecule has 0 radical (unpaired) electrons. The average Bonchev–Trinajstić information content (AvgIpc) is 2.61. The number of aliphatic imine (C=N–C) groups is 2. The lowest BCUT2D eigenvalue weighted by atomic mass is 10.1. The Bertz CT molecular complexity index is 666. The summed E-state index contributed by atoms with van der Waals surface area (Å²) >= 11 is 0. The summed E-state index contributed by atoms with van der Waals surface area (Å²) in [6, 6.07) is 3.39. The summed E-state index contributed by atoms with van der Waals surface area (Å²) in [6.45, 7) is 2.22. The molecule has 1 atom stereocenters. The first-order valence-electron chi connectivity index (χ1n) is 9.94. The minimum atomic E-state index is -0.694. The molecule has 2 rings (SSSR count). The van der Waals surface area contributed by atoms with Crippen LogP contribution in [-0.4, -0.2) is 18.1 Å². The van der Waals surface area contributed by atoms with Crippen LogP contribution in [0.15, 0.2) is 28.2 Å². The number of rotatable bonds is 11. The van der Waals surface area contributed by atoms with Crippen molar-refractivity contribution in [1.29, 1.82) is 0 Å². The predicted molar refractivity (Wildman–Crippen MR) is 115 cm³/mol. The molecular weight excluding hydrogens is 384 g/mol. The largest absolute Gasteiger partial charge is 0.369 e. The Morgan fingerprint density at radius 3 is 2.18 bits per heavy atom. The molecule has 0 amide bonds. The van der Waals surface area contributed by atoms with Crippen molar-refractivity contribution < 1.29 is 8.78 Å². The number of unbranched alkanes of at least 4 members (excludes halogenated alkanes) is 8. The van der Waals surface area contributed by atoms with Crippen LogP contribution in [0.1, 0.15) is 71.1 Å². The summed E-state index contributed by atoms with van der Waals surface area (Å²) in [5.41, 5.74) is 11.9. The van der Waals surface area contributed by atoms with Crippen molar-refractivity contribution >= 4 is 30.0 Å². The van der Waals surface area contributed by atoms with Gasteiger partial charge in [0.2, 0.25) is 11.9 Å². The molecule has 0 saturated heterocycles. The van der Waals surface area contributed by atoms with E-state index in [1.165, 1.54) is 62.0 Å². The third-order valence-electron chi connectivity index (χ3n) is 4.79. The first-order valence-corrected chi connectivity index (χ1v) is 9.94. The van der Waals surface area contributed by atoms with E-state index in [9.17, 15) is 8.78 Å². The fourth-order valence-electron chi connectivity index (χ4n) is 3.36. The maximum Gasteiger partial charge on any atom is 0.220 e. The third kappa shape index (κ3) is 7.26. The number of halogens is 3. The highest BCUT2D eigenvalue weighted by Gasteiger charge is 2.27. The van der Waals surface area contributed by atoms with Gasteiger partial charge < -0.3 is 11.5 Å². The van der Waals surface area contributed by atoms with E-state index < -0.39 is 17.8 Å². The Morgan fingerprint density at radius 2 is 1.57 bits per heavy atom. The minimum absolute atomic E-state index is 0. The van der Waals surface area contributed by atoms with Gasteiger partial charge in [-0.3, -0.25) is 4.90 Å². The summed E-state index contributed by atoms with van der Waals surface area (Å²) in [5.74, 6) is -1.16. The van der Waals surface area contributed by atoms with Crippen LogP contribution in [0.25, 0.3) is 0 Å². The van der Waals surface area contributed by atoms with Gasteiger partial charge in [0.15, 0.2) is 0 Å². The fourth-order valence-corrected chi connectivity index (χ4v) is 3.36. The van der Waals surface area contributed by atoms with Crippen LogP contribution in [0.4, 0.5) is 14.5 Å². The Hall–Kier alpha value is -1.89. The molecule has 8 heteroatoms. The van der Waals surface area contributed by atoms with E-state index in [2.05, 4.69) is 16.9 Å². The molecule has 0 fully saturated rings. The third-order valence-corrected chi connectivity index (χ3v) is 4.79. The van der Waals surface area contributed by atoms with Crippen molar-refractivity contribution in [3.8, 4) is 0 Å². The SMILES string of the molecule is CCCCCCCCCCCC1N=C(N)N=C(N)N1c1ccc(F)cc1F.Cl. The molecule has 158 valence electrons. The number of benzene rings is 1. The average molecular weight is 416 g/mol. The van der Waals surface area contributed by atoms with Gasteiger partial charge in [0.25, 0.3) is 0 Å². The van der Waals surface area contributed by atoms with E-state index in [1.54, 1.807) is 0 Å². The van der Waals surface area contributed by atoms with Crippen molar-refractivity contribution in [3.05, 3.63) is 29.8 Å². The highest BCUT2D eigenvalue weighted by molar-refractivity contribution is 6.04. The Morgan fingerprint density at radius 1 is 0.964 bits per heavy atom. The zero-order valence-electron chi connectivity index (χ0n) is 16.5. The van der Waals surface area contributed by atoms with Gasteiger partial charge in [-0.25, -0.2) is 13.8 Å². The van der Waals surface area contributed by atoms with Crippen LogP contribution in [-0.2, 0) is 0 Å². The standard InChI is InChI=1S/C20H31F2N5.ClH/c1-2-3-4-5-6-7-8-9-10-11-18-25-19(23)26-20(24)27(18)17-13-12-15(21)14-16(17)22;/h12-14,18H,2-11H2,1H3,(H4,23,24,25,26);1H. The molecule has 0 spiro atoms. The summed E-state index contributed by atoms with van der Waals surface area (Å²) < 4.78 is 27.4. The number of hydrogen-bond donors (Lipinski definition) is 2. The molecule has 1 aliphatic rings. The molecule has 0 bridgehead atoms. The van der Waals surface area contributed by atoms with Crippen LogP contribution in [0.3, 0.4) is 0 Å². The zero-order chi connectivity index (χ0) is 19.6. The molecule has 28 heavy (non-hydrogen) atoms. The van der Waals surface area contributed by atoms with Gasteiger partial charge in [0.1, 0.15) is 17.8 Å². The van der Waals surface area contributed by atoms with Crippen LogP contribution in [0, 0.1) is 11.6 Å². The second kappa shape index (κ2) is 12.5. The molecule has 1 aromatic rings. The van der Waals surface area contributed by atoms with Gasteiger partial charge in [-0.1, -0.05) is 58.3 Å². The molecule has 0 aromatic heterocycles. The number of hydrogen-bond acceptors (Lipinski definition) is 5. The van der Waals surface area contributed by atoms with E-state index in [0.717, 1.165) is 18.9 Å². The molecule has 1 unspecified atom stereocenters. The summed E-state index contributed by atoms with van der Waals surface area (Å²) in [7, 11) is 0. The normalized spacial score (nSPS) is 16.4. The van der Waals surface area contributed by atoms with Gasteiger partial charge in [0, 0.05) is 6.07 Å². The van der Waals surface area contributed by atoms with Crippen LogP contribution in [0.5, 0.6) is 0 Å². The molecule has 1 aliphatic heterocycles. The Balaban J connectivity index is 0.00000392.